The maximum Gasteiger partial charge on any atom is 0.232 e. The molecule has 0 aromatic heterocycles. The van der Waals surface area contributed by atoms with Crippen LogP contribution in [0.1, 0.15) is 19.3 Å². The van der Waals surface area contributed by atoms with Gasteiger partial charge in [-0.1, -0.05) is 0 Å². The minimum absolute atomic E-state index is 0.134. The lowest BCUT2D eigenvalue weighted by atomic mass is 10.1. The van der Waals surface area contributed by atoms with Crippen molar-refractivity contribution in [2.45, 2.75) is 25.3 Å². The van der Waals surface area contributed by atoms with Gasteiger partial charge in [0.2, 0.25) is 5.91 Å². The molecule has 1 aliphatic heterocycles. The molecule has 1 N–H and O–H groups in total. The fourth-order valence-electron chi connectivity index (χ4n) is 1.70. The molecule has 1 atom stereocenters. The van der Waals surface area contributed by atoms with E-state index in [1.54, 1.807) is 0 Å². The van der Waals surface area contributed by atoms with Crippen LogP contribution in [0.3, 0.4) is 0 Å². The van der Waals surface area contributed by atoms with Crippen LogP contribution in [0.2, 0.25) is 0 Å². The largest absolute Gasteiger partial charge is 0.342 e. The van der Waals surface area contributed by atoms with Crippen molar-refractivity contribution in [1.82, 2.24) is 10.2 Å². The summed E-state index contributed by atoms with van der Waals surface area (Å²) in [5.74, 6) is 0.454. The Morgan fingerprint density at radius 3 is 3.00 bits per heavy atom. The van der Waals surface area contributed by atoms with Gasteiger partial charge in [-0.15, -0.1) is 0 Å². The van der Waals surface area contributed by atoms with Crippen molar-refractivity contribution in [3.63, 3.8) is 0 Å². The van der Waals surface area contributed by atoms with E-state index in [9.17, 15) is 4.79 Å². The molecule has 1 aliphatic rings. The molecule has 1 rings (SSSR count). The normalized spacial score (nSPS) is 23.7. The molecule has 0 aliphatic carbocycles. The molecule has 4 heteroatoms. The smallest absolute Gasteiger partial charge is 0.232 e. The second kappa shape index (κ2) is 5.50. The molecule has 1 saturated heterocycles. The molecule has 1 fully saturated rings. The van der Waals surface area contributed by atoms with Gasteiger partial charge in [0, 0.05) is 13.1 Å². The predicted octanol–water partition coefficient (Wildman–Crippen LogP) is 0.517. The van der Waals surface area contributed by atoms with Gasteiger partial charge in [0.05, 0.1) is 5.75 Å². The van der Waals surface area contributed by atoms with E-state index in [-0.39, 0.29) is 5.91 Å². The summed E-state index contributed by atoms with van der Waals surface area (Å²) in [4.78, 5) is 13.2. The Labute approximate surface area is 85.3 Å². The summed E-state index contributed by atoms with van der Waals surface area (Å²) < 4.78 is 0. The first-order valence-electron chi connectivity index (χ1n) is 4.83. The summed E-state index contributed by atoms with van der Waals surface area (Å²) in [6.07, 6.45) is 3.34. The first-order valence-corrected chi connectivity index (χ1v) is 5.46. The van der Waals surface area contributed by atoms with Crippen molar-refractivity contribution in [1.29, 1.82) is 0 Å². The lowest BCUT2D eigenvalue weighted by Crippen LogP contribution is -2.38. The summed E-state index contributed by atoms with van der Waals surface area (Å²) in [5.41, 5.74) is 0. The van der Waals surface area contributed by atoms with Crippen LogP contribution in [0.15, 0.2) is 0 Å². The number of nitrogens with zero attached hydrogens (tertiary/aromatic N) is 1. The molecule has 1 amide bonds. The zero-order chi connectivity index (χ0) is 9.68. The van der Waals surface area contributed by atoms with Gasteiger partial charge >= 0.3 is 0 Å². The van der Waals surface area contributed by atoms with Gasteiger partial charge < -0.3 is 10.2 Å². The van der Waals surface area contributed by atoms with E-state index in [4.69, 9.17) is 0 Å². The number of thiol groups is 1. The molecule has 1 unspecified atom stereocenters. The Balaban J connectivity index is 2.43. The predicted molar refractivity (Wildman–Crippen MR) is 57.1 cm³/mol. The number of hydrogen-bond donors (Lipinski definition) is 2. The molecule has 0 bridgehead atoms. The van der Waals surface area contributed by atoms with E-state index in [0.717, 1.165) is 32.4 Å². The number of amides is 1. The third-order valence-electron chi connectivity index (χ3n) is 2.62. The Morgan fingerprint density at radius 1 is 1.54 bits per heavy atom. The van der Waals surface area contributed by atoms with Crippen molar-refractivity contribution >= 4 is 18.5 Å². The Kier molecular flexibility index (Phi) is 4.59. The van der Waals surface area contributed by atoms with Gasteiger partial charge in [0.15, 0.2) is 0 Å². The van der Waals surface area contributed by atoms with E-state index < -0.39 is 0 Å². The van der Waals surface area contributed by atoms with Crippen LogP contribution in [-0.2, 0) is 4.79 Å². The standard InChI is InChI=1S/C9H18N2OS/c1-11(9(12)7-13)8-3-2-5-10-6-4-8/h8,10,13H,2-7H2,1H3. The van der Waals surface area contributed by atoms with Crippen LogP contribution in [0.4, 0.5) is 0 Å². The number of carbonyl (C=O) groups is 1. The fraction of sp³-hybridized carbons (Fsp3) is 0.889. The Hall–Kier alpha value is -0.220. The Morgan fingerprint density at radius 2 is 2.31 bits per heavy atom. The number of nitrogens with one attached hydrogen (secondary N) is 1. The van der Waals surface area contributed by atoms with E-state index in [2.05, 4.69) is 17.9 Å². The highest BCUT2D eigenvalue weighted by Crippen LogP contribution is 2.11. The molecule has 0 saturated carbocycles. The summed E-state index contributed by atoms with van der Waals surface area (Å²) in [5, 5.41) is 3.33. The number of rotatable bonds is 2. The van der Waals surface area contributed by atoms with Gasteiger partial charge in [-0.2, -0.15) is 12.6 Å². The first-order chi connectivity index (χ1) is 6.25. The van der Waals surface area contributed by atoms with Gasteiger partial charge in [0.25, 0.3) is 0 Å². The van der Waals surface area contributed by atoms with Crippen molar-refractivity contribution in [2.24, 2.45) is 0 Å². The zero-order valence-electron chi connectivity index (χ0n) is 8.12. The van der Waals surface area contributed by atoms with Crippen molar-refractivity contribution in [3.8, 4) is 0 Å². The maximum atomic E-state index is 11.4. The van der Waals surface area contributed by atoms with Crippen LogP contribution in [0.25, 0.3) is 0 Å². The SMILES string of the molecule is CN(C(=O)CS)C1CCCNCC1. The quantitative estimate of drug-likeness (QED) is 0.640. The van der Waals surface area contributed by atoms with E-state index in [1.165, 1.54) is 0 Å². The molecule has 0 radical (unpaired) electrons. The molecular weight excluding hydrogens is 184 g/mol. The van der Waals surface area contributed by atoms with Crippen LogP contribution < -0.4 is 5.32 Å². The van der Waals surface area contributed by atoms with Crippen molar-refractivity contribution < 1.29 is 4.79 Å². The average molecular weight is 202 g/mol. The van der Waals surface area contributed by atoms with E-state index in [1.807, 2.05) is 11.9 Å². The maximum absolute atomic E-state index is 11.4. The second-order valence-electron chi connectivity index (χ2n) is 3.50. The van der Waals surface area contributed by atoms with E-state index >= 15 is 0 Å². The summed E-state index contributed by atoms with van der Waals surface area (Å²) in [6, 6.07) is 0.412. The first kappa shape index (κ1) is 10.9. The lowest BCUT2D eigenvalue weighted by Gasteiger charge is -2.26. The molecule has 3 nitrogen and oxygen atoms in total. The molecule has 76 valence electrons. The van der Waals surface area contributed by atoms with Crippen molar-refractivity contribution in [2.75, 3.05) is 25.9 Å². The zero-order valence-corrected chi connectivity index (χ0v) is 9.02. The third kappa shape index (κ3) is 3.19. The van der Waals surface area contributed by atoms with Crippen LogP contribution in [0, 0.1) is 0 Å². The number of hydrogen-bond acceptors (Lipinski definition) is 3. The highest BCUT2D eigenvalue weighted by Gasteiger charge is 2.19. The summed E-state index contributed by atoms with van der Waals surface area (Å²) in [6.45, 7) is 2.11. The minimum Gasteiger partial charge on any atom is -0.342 e. The summed E-state index contributed by atoms with van der Waals surface area (Å²) >= 11 is 3.99. The Bertz CT molecular complexity index is 167. The molecule has 0 spiro atoms. The minimum atomic E-state index is 0.134. The third-order valence-corrected chi connectivity index (χ3v) is 2.89. The second-order valence-corrected chi connectivity index (χ2v) is 3.81. The molecular formula is C9H18N2OS. The molecule has 0 aromatic carbocycles. The van der Waals surface area contributed by atoms with Crippen LogP contribution in [0.5, 0.6) is 0 Å². The lowest BCUT2D eigenvalue weighted by molar-refractivity contribution is -0.129. The van der Waals surface area contributed by atoms with Crippen LogP contribution >= 0.6 is 12.6 Å². The van der Waals surface area contributed by atoms with E-state index in [0.29, 0.717) is 11.8 Å². The average Bonchev–Trinajstić information content (AvgIpc) is 2.43. The number of carbonyl (C=O) groups excluding carboxylic acids is 1. The fourth-order valence-corrected chi connectivity index (χ4v) is 1.93. The van der Waals surface area contributed by atoms with Crippen molar-refractivity contribution in [3.05, 3.63) is 0 Å². The highest BCUT2D eigenvalue weighted by molar-refractivity contribution is 7.81. The molecule has 13 heavy (non-hydrogen) atoms. The monoisotopic (exact) mass is 202 g/mol. The molecule has 1 heterocycles. The van der Waals surface area contributed by atoms with Crippen LogP contribution in [-0.4, -0.2) is 42.7 Å². The summed E-state index contributed by atoms with van der Waals surface area (Å²) in [7, 11) is 1.88. The van der Waals surface area contributed by atoms with Gasteiger partial charge in [-0.3, -0.25) is 4.79 Å². The van der Waals surface area contributed by atoms with Gasteiger partial charge in [0.1, 0.15) is 0 Å². The van der Waals surface area contributed by atoms with Gasteiger partial charge in [-0.05, 0) is 32.4 Å². The highest BCUT2D eigenvalue weighted by atomic mass is 32.1. The topological polar surface area (TPSA) is 32.3 Å². The van der Waals surface area contributed by atoms with Gasteiger partial charge in [-0.25, -0.2) is 0 Å². The molecule has 0 aromatic rings.